The topological polar surface area (TPSA) is 66.6 Å². The summed E-state index contributed by atoms with van der Waals surface area (Å²) in [6.07, 6.45) is 5.54. The third-order valence-electron chi connectivity index (χ3n) is 6.34. The monoisotopic (exact) mass is 368 g/mol. The van der Waals surface area contributed by atoms with Crippen LogP contribution in [0.15, 0.2) is 6.07 Å². The van der Waals surface area contributed by atoms with Crippen LogP contribution in [0.25, 0.3) is 5.78 Å². The SMILES string of the molecule is Cc1cc(C)n2nc(CC(=O)N3C[C@@H]4CC[C@H](C3)N(CC3CC3)C4)nc2n1. The minimum atomic E-state index is 0.158. The van der Waals surface area contributed by atoms with Gasteiger partial charge in [0, 0.05) is 43.6 Å². The molecule has 0 radical (unpaired) electrons. The van der Waals surface area contributed by atoms with Gasteiger partial charge in [-0.15, -0.1) is 5.10 Å². The lowest BCUT2D eigenvalue weighted by Gasteiger charge is -2.36. The van der Waals surface area contributed by atoms with Crippen molar-refractivity contribution < 1.29 is 4.79 Å². The van der Waals surface area contributed by atoms with Crippen molar-refractivity contribution in [2.24, 2.45) is 11.8 Å². The number of carbonyl (C=O) groups excluding carboxylic acids is 1. The fraction of sp³-hybridized carbons (Fsp3) is 0.700. The van der Waals surface area contributed by atoms with Gasteiger partial charge in [-0.25, -0.2) is 9.50 Å². The highest BCUT2D eigenvalue weighted by molar-refractivity contribution is 5.78. The Morgan fingerprint density at radius 3 is 2.78 bits per heavy atom. The minimum Gasteiger partial charge on any atom is -0.340 e. The van der Waals surface area contributed by atoms with E-state index in [1.54, 1.807) is 4.52 Å². The maximum atomic E-state index is 13.0. The fourth-order valence-corrected chi connectivity index (χ4v) is 4.77. The van der Waals surface area contributed by atoms with E-state index in [0.717, 1.165) is 30.4 Å². The number of fused-ring (bicyclic) bond motifs is 5. The molecule has 7 nitrogen and oxygen atoms in total. The molecule has 1 amide bonds. The van der Waals surface area contributed by atoms with Crippen molar-refractivity contribution in [1.82, 2.24) is 29.4 Å². The van der Waals surface area contributed by atoms with E-state index in [-0.39, 0.29) is 12.3 Å². The van der Waals surface area contributed by atoms with E-state index in [1.807, 2.05) is 19.9 Å². The van der Waals surface area contributed by atoms with Crippen molar-refractivity contribution in [2.75, 3.05) is 26.2 Å². The number of rotatable bonds is 4. The molecule has 0 unspecified atom stereocenters. The molecule has 4 fully saturated rings. The maximum absolute atomic E-state index is 13.0. The Labute approximate surface area is 159 Å². The molecule has 3 aliphatic heterocycles. The molecule has 1 saturated carbocycles. The Kier molecular flexibility index (Phi) is 4.15. The first kappa shape index (κ1) is 17.1. The summed E-state index contributed by atoms with van der Waals surface area (Å²) in [6, 6.07) is 2.52. The maximum Gasteiger partial charge on any atom is 0.252 e. The van der Waals surface area contributed by atoms with Gasteiger partial charge in [-0.3, -0.25) is 9.69 Å². The molecule has 0 N–H and O–H groups in total. The van der Waals surface area contributed by atoms with Crippen LogP contribution >= 0.6 is 0 Å². The van der Waals surface area contributed by atoms with Gasteiger partial charge in [0.2, 0.25) is 5.91 Å². The van der Waals surface area contributed by atoms with Gasteiger partial charge < -0.3 is 4.90 Å². The third-order valence-corrected chi connectivity index (χ3v) is 6.34. The van der Waals surface area contributed by atoms with Gasteiger partial charge in [-0.2, -0.15) is 4.98 Å². The number of hydrogen-bond acceptors (Lipinski definition) is 5. The first-order valence-electron chi connectivity index (χ1n) is 10.3. The van der Waals surface area contributed by atoms with Crippen molar-refractivity contribution in [1.29, 1.82) is 0 Å². The third kappa shape index (κ3) is 3.45. The van der Waals surface area contributed by atoms with Crippen molar-refractivity contribution in [3.05, 3.63) is 23.3 Å². The molecule has 6 rings (SSSR count). The van der Waals surface area contributed by atoms with Gasteiger partial charge >= 0.3 is 0 Å². The Bertz CT molecular complexity index is 873. The average Bonchev–Trinajstić information content (AvgIpc) is 3.40. The predicted octanol–water partition coefficient (Wildman–Crippen LogP) is 1.62. The smallest absolute Gasteiger partial charge is 0.252 e. The summed E-state index contributed by atoms with van der Waals surface area (Å²) in [5, 5.41) is 4.51. The Morgan fingerprint density at radius 2 is 1.96 bits per heavy atom. The van der Waals surface area contributed by atoms with Crippen LogP contribution < -0.4 is 0 Å². The van der Waals surface area contributed by atoms with E-state index >= 15 is 0 Å². The second-order valence-corrected chi connectivity index (χ2v) is 8.75. The molecule has 4 aliphatic rings. The number of amides is 1. The first-order chi connectivity index (χ1) is 13.0. The number of carbonyl (C=O) groups is 1. The second kappa shape index (κ2) is 6.55. The number of nitrogens with zero attached hydrogens (tertiary/aromatic N) is 6. The lowest BCUT2D eigenvalue weighted by Crippen LogP contribution is -2.45. The summed E-state index contributed by atoms with van der Waals surface area (Å²) in [6.45, 7) is 8.10. The highest BCUT2D eigenvalue weighted by atomic mass is 16.2. The first-order valence-corrected chi connectivity index (χ1v) is 10.3. The summed E-state index contributed by atoms with van der Waals surface area (Å²) >= 11 is 0. The number of piperidine rings is 1. The summed E-state index contributed by atoms with van der Waals surface area (Å²) in [5.41, 5.74) is 1.91. The van der Waals surface area contributed by atoms with Crippen LogP contribution in [-0.2, 0) is 11.2 Å². The van der Waals surface area contributed by atoms with Gasteiger partial charge in [-0.1, -0.05) is 0 Å². The molecule has 1 aliphatic carbocycles. The van der Waals surface area contributed by atoms with Crippen molar-refractivity contribution in [2.45, 2.75) is 52.0 Å². The largest absolute Gasteiger partial charge is 0.340 e. The Hall–Kier alpha value is -2.02. The molecule has 2 bridgehead atoms. The molecule has 5 heterocycles. The van der Waals surface area contributed by atoms with Crippen LogP contribution in [0.1, 0.15) is 42.9 Å². The van der Waals surface area contributed by atoms with Gasteiger partial charge in [0.25, 0.3) is 5.78 Å². The van der Waals surface area contributed by atoms with Crippen molar-refractivity contribution in [3.63, 3.8) is 0 Å². The summed E-state index contributed by atoms with van der Waals surface area (Å²) in [4.78, 5) is 26.7. The number of hydrogen-bond donors (Lipinski definition) is 0. The standard InChI is InChI=1S/C20H28N6O/c1-13-7-14(2)26-20(21-13)22-18(23-26)8-19(27)25-11-16-5-6-17(12-25)24(10-16)9-15-3-4-15/h7,15-17H,3-6,8-12H2,1-2H3/t16-,17-/m1/s1. The fourth-order valence-electron chi connectivity index (χ4n) is 4.77. The summed E-state index contributed by atoms with van der Waals surface area (Å²) in [7, 11) is 0. The second-order valence-electron chi connectivity index (χ2n) is 8.75. The van der Waals surface area contributed by atoms with E-state index in [1.165, 1.54) is 38.8 Å². The molecule has 27 heavy (non-hydrogen) atoms. The van der Waals surface area contributed by atoms with E-state index in [9.17, 15) is 4.79 Å². The lowest BCUT2D eigenvalue weighted by molar-refractivity contribution is -0.131. The van der Waals surface area contributed by atoms with Crippen LogP contribution in [0.2, 0.25) is 0 Å². The van der Waals surface area contributed by atoms with E-state index in [0.29, 0.717) is 23.6 Å². The van der Waals surface area contributed by atoms with Crippen LogP contribution in [0, 0.1) is 25.7 Å². The molecule has 0 aromatic carbocycles. The molecule has 3 saturated heterocycles. The zero-order valence-corrected chi connectivity index (χ0v) is 16.3. The molecule has 2 atom stereocenters. The quantitative estimate of drug-likeness (QED) is 0.820. The molecule has 2 aromatic rings. The van der Waals surface area contributed by atoms with Gasteiger partial charge in [0.1, 0.15) is 0 Å². The van der Waals surface area contributed by atoms with E-state index < -0.39 is 0 Å². The predicted molar refractivity (Wildman–Crippen MR) is 101 cm³/mol. The van der Waals surface area contributed by atoms with Crippen LogP contribution in [0.5, 0.6) is 0 Å². The summed E-state index contributed by atoms with van der Waals surface area (Å²) in [5.74, 6) is 2.85. The summed E-state index contributed by atoms with van der Waals surface area (Å²) < 4.78 is 1.74. The Balaban J connectivity index is 1.30. The Morgan fingerprint density at radius 1 is 1.11 bits per heavy atom. The number of aryl methyl sites for hydroxylation is 2. The molecular weight excluding hydrogens is 340 g/mol. The zero-order chi connectivity index (χ0) is 18.5. The van der Waals surface area contributed by atoms with Gasteiger partial charge in [0.05, 0.1) is 6.42 Å². The van der Waals surface area contributed by atoms with E-state index in [2.05, 4.69) is 24.9 Å². The van der Waals surface area contributed by atoms with E-state index in [4.69, 9.17) is 0 Å². The molecule has 7 heteroatoms. The van der Waals surface area contributed by atoms with Crippen LogP contribution in [-0.4, -0.2) is 67.5 Å². The molecule has 144 valence electrons. The highest BCUT2D eigenvalue weighted by Gasteiger charge is 2.38. The number of aromatic nitrogens is 4. The molecule has 2 aromatic heterocycles. The van der Waals surface area contributed by atoms with Crippen molar-refractivity contribution >= 4 is 11.7 Å². The average molecular weight is 368 g/mol. The normalized spacial score (nSPS) is 25.9. The lowest BCUT2D eigenvalue weighted by atomic mass is 9.95. The van der Waals surface area contributed by atoms with Gasteiger partial charge in [-0.05, 0) is 57.4 Å². The van der Waals surface area contributed by atoms with Crippen LogP contribution in [0.3, 0.4) is 0 Å². The molecular formula is C20H28N6O. The van der Waals surface area contributed by atoms with Crippen molar-refractivity contribution in [3.8, 4) is 0 Å². The minimum absolute atomic E-state index is 0.158. The zero-order valence-electron chi connectivity index (χ0n) is 16.3. The van der Waals surface area contributed by atoms with Crippen LogP contribution in [0.4, 0.5) is 0 Å². The molecule has 0 spiro atoms. The van der Waals surface area contributed by atoms with Gasteiger partial charge in [0.15, 0.2) is 5.82 Å². The highest BCUT2D eigenvalue weighted by Crippen LogP contribution is 2.34.